The van der Waals surface area contributed by atoms with Crippen molar-refractivity contribution in [1.82, 2.24) is 4.90 Å². The molecule has 34 heavy (non-hydrogen) atoms. The van der Waals surface area contributed by atoms with Crippen molar-refractivity contribution in [2.45, 2.75) is 48.3 Å². The molecule has 5 nitrogen and oxygen atoms in total. The molecule has 7 heteroatoms. The van der Waals surface area contributed by atoms with Crippen molar-refractivity contribution in [2.24, 2.45) is 5.92 Å². The maximum absolute atomic E-state index is 13.2. The summed E-state index contributed by atoms with van der Waals surface area (Å²) in [6.45, 7) is 4.29. The maximum Gasteiger partial charge on any atom is 0.308 e. The molecule has 0 spiro atoms. The Labute approximate surface area is 213 Å². The molecule has 2 aromatic rings. The van der Waals surface area contributed by atoms with Gasteiger partial charge in [-0.05, 0) is 68.4 Å². The van der Waals surface area contributed by atoms with Gasteiger partial charge in [0.1, 0.15) is 5.75 Å². The molecule has 0 aromatic heterocycles. The van der Waals surface area contributed by atoms with Gasteiger partial charge in [-0.2, -0.15) is 0 Å². The van der Waals surface area contributed by atoms with E-state index >= 15 is 0 Å². The highest BCUT2D eigenvalue weighted by molar-refractivity contribution is 9.10. The third-order valence-corrected chi connectivity index (χ3v) is 9.41. The Morgan fingerprint density at radius 3 is 2.62 bits per heavy atom. The van der Waals surface area contributed by atoms with Gasteiger partial charge in [0.05, 0.1) is 12.4 Å². The predicted octanol–water partition coefficient (Wildman–Crippen LogP) is 5.59. The maximum atomic E-state index is 13.2. The van der Waals surface area contributed by atoms with E-state index in [1.54, 1.807) is 7.11 Å². The Bertz CT molecular complexity index is 1190. The summed E-state index contributed by atoms with van der Waals surface area (Å²) in [5.41, 5.74) is 2.69. The van der Waals surface area contributed by atoms with Crippen LogP contribution < -0.4 is 4.74 Å². The zero-order valence-corrected chi connectivity index (χ0v) is 22.2. The molecule has 0 N–H and O–H groups in total. The number of Topliss-reactive ketones (excluding diaryl/α,β-unsaturated/α-hetero) is 1. The summed E-state index contributed by atoms with van der Waals surface area (Å²) in [5.74, 6) is 0.810. The first-order valence-corrected chi connectivity index (χ1v) is 13.2. The third-order valence-electron chi connectivity index (χ3n) is 7.55. The number of carbonyl (C=O) groups is 2. The van der Waals surface area contributed by atoms with Gasteiger partial charge in [0.2, 0.25) is 0 Å². The topological polar surface area (TPSA) is 55.8 Å². The van der Waals surface area contributed by atoms with Crippen LogP contribution in [0.5, 0.6) is 5.75 Å². The number of hydrogen-bond donors (Lipinski definition) is 0. The van der Waals surface area contributed by atoms with E-state index in [1.165, 1.54) is 11.8 Å². The van der Waals surface area contributed by atoms with E-state index in [-0.39, 0.29) is 29.0 Å². The second-order valence-corrected chi connectivity index (χ2v) is 11.6. The van der Waals surface area contributed by atoms with Gasteiger partial charge in [0.15, 0.2) is 11.5 Å². The lowest BCUT2D eigenvalue weighted by Crippen LogP contribution is -2.61. The van der Waals surface area contributed by atoms with Crippen LogP contribution in [-0.4, -0.2) is 43.4 Å². The minimum atomic E-state index is -0.417. The molecule has 0 radical (unpaired) electrons. The van der Waals surface area contributed by atoms with Crippen LogP contribution in [0.3, 0.4) is 0 Å². The monoisotopic (exact) mass is 541 g/mol. The predicted molar refractivity (Wildman–Crippen MR) is 136 cm³/mol. The fourth-order valence-electron chi connectivity index (χ4n) is 6.07. The van der Waals surface area contributed by atoms with Gasteiger partial charge in [0, 0.05) is 45.7 Å². The van der Waals surface area contributed by atoms with E-state index < -0.39 is 5.41 Å². The summed E-state index contributed by atoms with van der Waals surface area (Å²) >= 11 is 5.36. The number of methoxy groups -OCH3 is 1. The molecule has 2 aliphatic carbocycles. The van der Waals surface area contributed by atoms with Gasteiger partial charge in [-0.15, -0.1) is 11.8 Å². The Morgan fingerprint density at radius 1 is 1.21 bits per heavy atom. The number of likely N-dealkylation sites (N-methyl/N-ethyl adjacent to an activating group) is 1. The fraction of sp³-hybridized carbons (Fsp3) is 0.407. The third kappa shape index (κ3) is 3.73. The number of piperidine rings is 1. The van der Waals surface area contributed by atoms with Crippen molar-refractivity contribution >= 4 is 39.4 Å². The minimum Gasteiger partial charge on any atom is -0.493 e. The summed E-state index contributed by atoms with van der Waals surface area (Å²) in [6.07, 6.45) is 3.23. The Morgan fingerprint density at radius 2 is 1.94 bits per heavy atom. The lowest BCUT2D eigenvalue weighted by molar-refractivity contribution is -0.132. The van der Waals surface area contributed by atoms with E-state index in [0.717, 1.165) is 34.1 Å². The van der Waals surface area contributed by atoms with Crippen LogP contribution in [0.25, 0.3) is 0 Å². The molecule has 2 aromatic carbocycles. The number of fused-ring (bicyclic) bond motifs is 1. The van der Waals surface area contributed by atoms with Crippen LogP contribution in [-0.2, 0) is 19.7 Å². The highest BCUT2D eigenvalue weighted by Gasteiger charge is 2.59. The summed E-state index contributed by atoms with van der Waals surface area (Å²) < 4.78 is 12.4. The average Bonchev–Trinajstić information content (AvgIpc) is 2.80. The molecule has 1 saturated heterocycles. The van der Waals surface area contributed by atoms with Crippen molar-refractivity contribution in [1.29, 1.82) is 0 Å². The zero-order valence-electron chi connectivity index (χ0n) is 19.8. The number of allylic oxidation sites excluding steroid dienone is 1. The molecule has 2 bridgehead atoms. The number of nitrogens with zero attached hydrogens (tertiary/aromatic N) is 1. The second kappa shape index (κ2) is 8.85. The molecule has 5 rings (SSSR count). The Kier molecular flexibility index (Phi) is 6.15. The molecular weight excluding hydrogens is 514 g/mol. The number of benzene rings is 2. The van der Waals surface area contributed by atoms with Gasteiger partial charge in [-0.3, -0.25) is 9.59 Å². The summed E-state index contributed by atoms with van der Waals surface area (Å²) in [6, 6.07) is 12.8. The number of ether oxygens (including phenoxy) is 2. The average molecular weight is 542 g/mol. The highest BCUT2D eigenvalue weighted by Crippen LogP contribution is 2.62. The highest BCUT2D eigenvalue weighted by atomic mass is 79.9. The van der Waals surface area contributed by atoms with Gasteiger partial charge < -0.3 is 14.4 Å². The first kappa shape index (κ1) is 23.6. The minimum absolute atomic E-state index is 0.0160. The van der Waals surface area contributed by atoms with Gasteiger partial charge in [-0.25, -0.2) is 0 Å². The number of ketones is 1. The van der Waals surface area contributed by atoms with E-state index in [0.29, 0.717) is 17.9 Å². The number of aryl methyl sites for hydroxylation is 1. The molecule has 4 atom stereocenters. The molecule has 1 aliphatic heterocycles. The van der Waals surface area contributed by atoms with Crippen LogP contribution in [0.15, 0.2) is 57.6 Å². The normalized spacial score (nSPS) is 28.0. The first-order chi connectivity index (χ1) is 16.2. The van der Waals surface area contributed by atoms with Gasteiger partial charge in [-0.1, -0.05) is 28.1 Å². The number of esters is 1. The number of halogens is 1. The number of likely N-dealkylation sites (tertiary alicyclic amines) is 1. The number of rotatable bonds is 4. The molecule has 0 unspecified atom stereocenters. The Hall–Kier alpha value is -2.09. The van der Waals surface area contributed by atoms with Gasteiger partial charge >= 0.3 is 5.97 Å². The molecule has 3 aliphatic rings. The van der Waals surface area contributed by atoms with Crippen molar-refractivity contribution in [3.05, 3.63) is 69.4 Å². The lowest BCUT2D eigenvalue weighted by Gasteiger charge is -2.59. The lowest BCUT2D eigenvalue weighted by atomic mass is 9.53. The van der Waals surface area contributed by atoms with Crippen molar-refractivity contribution in [3.8, 4) is 5.75 Å². The smallest absolute Gasteiger partial charge is 0.308 e. The van der Waals surface area contributed by atoms with Gasteiger partial charge in [0.25, 0.3) is 0 Å². The second-order valence-electron chi connectivity index (χ2n) is 9.50. The van der Waals surface area contributed by atoms with E-state index in [9.17, 15) is 9.59 Å². The Balaban J connectivity index is 1.77. The molecule has 0 amide bonds. The standard InChI is InChI=1S/C27H28BrNO4S/c1-15-5-10-19-23(25(15)33-16(2)30)27-11-12-29(3)24(20(27)13-22(32-4)21(31)14-27)26(19)34-18-8-6-17(28)7-9-18/h5-10,13,20,24,26H,11-12,14H2,1-4H3/t20-,24-,26-,27-/m1/s1. The van der Waals surface area contributed by atoms with Crippen LogP contribution in [0.1, 0.15) is 41.7 Å². The van der Waals surface area contributed by atoms with E-state index in [2.05, 4.69) is 58.2 Å². The molecule has 178 valence electrons. The largest absolute Gasteiger partial charge is 0.493 e. The van der Waals surface area contributed by atoms with E-state index in [4.69, 9.17) is 9.47 Å². The molecule has 1 heterocycles. The van der Waals surface area contributed by atoms with Crippen molar-refractivity contribution < 1.29 is 19.1 Å². The molecule has 0 saturated carbocycles. The summed E-state index contributed by atoms with van der Waals surface area (Å²) in [5, 5.41) is 0.0945. The van der Waals surface area contributed by atoms with E-state index in [1.807, 2.05) is 30.8 Å². The molecular formula is C27H28BrNO4S. The molecule has 1 fully saturated rings. The zero-order chi connectivity index (χ0) is 24.2. The summed E-state index contributed by atoms with van der Waals surface area (Å²) in [4.78, 5) is 28.9. The van der Waals surface area contributed by atoms with Crippen LogP contribution in [0, 0.1) is 12.8 Å². The van der Waals surface area contributed by atoms with Crippen molar-refractivity contribution in [2.75, 3.05) is 20.7 Å². The number of thioether (sulfide) groups is 1. The SMILES string of the molecule is COC1=C[C@@H]2[C@@H]3[C@H](Sc4ccc(Br)cc4)c4ccc(C)c(OC(C)=O)c4[C@]2(CCN3C)CC1=O. The quantitative estimate of drug-likeness (QED) is 0.371. The van der Waals surface area contributed by atoms with Crippen LogP contribution in [0.4, 0.5) is 0 Å². The first-order valence-electron chi connectivity index (χ1n) is 11.5. The number of carbonyl (C=O) groups excluding carboxylic acids is 2. The van der Waals surface area contributed by atoms with Crippen LogP contribution >= 0.6 is 27.7 Å². The number of hydrogen-bond acceptors (Lipinski definition) is 6. The van der Waals surface area contributed by atoms with Crippen LogP contribution in [0.2, 0.25) is 0 Å². The van der Waals surface area contributed by atoms with Crippen molar-refractivity contribution in [3.63, 3.8) is 0 Å². The fourth-order valence-corrected chi connectivity index (χ4v) is 7.76. The summed E-state index contributed by atoms with van der Waals surface area (Å²) in [7, 11) is 3.74.